The minimum atomic E-state index is -0.789. The van der Waals surface area contributed by atoms with Crippen molar-refractivity contribution < 1.29 is 24.2 Å². The van der Waals surface area contributed by atoms with Crippen LogP contribution in [0.3, 0.4) is 0 Å². The molecule has 162 valence electrons. The molecule has 1 atom stereocenters. The lowest BCUT2D eigenvalue weighted by molar-refractivity contribution is -0.124. The highest BCUT2D eigenvalue weighted by molar-refractivity contribution is 6.01. The first kappa shape index (κ1) is 23.3. The first-order valence-corrected chi connectivity index (χ1v) is 10.3. The molecule has 0 aromatic heterocycles. The maximum Gasteiger partial charge on any atom is 0.224 e. The average Bonchev–Trinajstić information content (AvgIpc) is 2.75. The summed E-state index contributed by atoms with van der Waals surface area (Å²) in [4.78, 5) is 27.5. The Labute approximate surface area is 178 Å². The highest BCUT2D eigenvalue weighted by Gasteiger charge is 2.31. The number of hydrogen-bond donors (Lipinski definition) is 1. The van der Waals surface area contributed by atoms with E-state index < -0.39 is 6.04 Å². The van der Waals surface area contributed by atoms with Crippen molar-refractivity contribution in [2.75, 3.05) is 19.1 Å². The van der Waals surface area contributed by atoms with E-state index in [0.717, 1.165) is 25.7 Å². The lowest BCUT2D eigenvalue weighted by Crippen LogP contribution is -2.37. The molecule has 0 bridgehead atoms. The fourth-order valence-electron chi connectivity index (χ4n) is 3.49. The predicted molar refractivity (Wildman–Crippen MR) is 117 cm³/mol. The van der Waals surface area contributed by atoms with Crippen LogP contribution in [0.5, 0.6) is 17.2 Å². The largest absolute Gasteiger partial charge is 0.508 e. The number of hydrogen-bond acceptors (Lipinski definition) is 5. The first-order chi connectivity index (χ1) is 14.4. The molecular weight excluding hydrogens is 382 g/mol. The third-order valence-corrected chi connectivity index (χ3v) is 5.03. The summed E-state index contributed by atoms with van der Waals surface area (Å²) < 4.78 is 10.7. The Morgan fingerprint density at radius 3 is 2.20 bits per heavy atom. The van der Waals surface area contributed by atoms with Crippen LogP contribution < -0.4 is 14.4 Å². The lowest BCUT2D eigenvalue weighted by atomic mass is 9.96. The van der Waals surface area contributed by atoms with Crippen LogP contribution in [0.1, 0.15) is 57.6 Å². The summed E-state index contributed by atoms with van der Waals surface area (Å²) in [5.41, 5.74) is 1.19. The average molecular weight is 414 g/mol. The molecule has 2 aromatic carbocycles. The van der Waals surface area contributed by atoms with Crippen molar-refractivity contribution in [2.24, 2.45) is 0 Å². The summed E-state index contributed by atoms with van der Waals surface area (Å²) >= 11 is 0. The number of phenols is 1. The maximum atomic E-state index is 13.3. The third kappa shape index (κ3) is 5.75. The highest BCUT2D eigenvalue weighted by atomic mass is 16.5. The molecule has 0 saturated heterocycles. The number of Topliss-reactive ketones (excluding diaryl/α,β-unsaturated/α-hetero) is 1. The number of ketones is 1. The number of anilines is 1. The fraction of sp³-hybridized carbons (Fsp3) is 0.417. The van der Waals surface area contributed by atoms with Gasteiger partial charge in [-0.2, -0.15) is 0 Å². The Balaban J connectivity index is 2.47. The van der Waals surface area contributed by atoms with Crippen molar-refractivity contribution in [3.8, 4) is 17.2 Å². The molecule has 0 heterocycles. The zero-order chi connectivity index (χ0) is 22.1. The van der Waals surface area contributed by atoms with Crippen molar-refractivity contribution in [1.82, 2.24) is 0 Å². The summed E-state index contributed by atoms with van der Waals surface area (Å²) in [6, 6.07) is 10.8. The number of carbonyl (C=O) groups excluding carboxylic acids is 2. The molecule has 0 aliphatic heterocycles. The number of methoxy groups -OCH3 is 2. The van der Waals surface area contributed by atoms with Gasteiger partial charge in [0.1, 0.15) is 11.8 Å². The van der Waals surface area contributed by atoms with Crippen LogP contribution in [-0.2, 0) is 9.59 Å². The Kier molecular flexibility index (Phi) is 8.71. The van der Waals surface area contributed by atoms with Crippen LogP contribution in [0.4, 0.5) is 5.69 Å². The molecule has 6 heteroatoms. The lowest BCUT2D eigenvalue weighted by Gasteiger charge is -2.31. The number of aromatic hydroxyl groups is 1. The van der Waals surface area contributed by atoms with E-state index in [4.69, 9.17) is 9.47 Å². The molecule has 0 aliphatic rings. The number of nitrogens with zero attached hydrogens (tertiary/aromatic N) is 1. The van der Waals surface area contributed by atoms with Crippen molar-refractivity contribution in [3.05, 3.63) is 48.0 Å². The minimum absolute atomic E-state index is 0.0400. The monoisotopic (exact) mass is 413 g/mol. The highest BCUT2D eigenvalue weighted by Crippen LogP contribution is 2.36. The van der Waals surface area contributed by atoms with Gasteiger partial charge < -0.3 is 14.6 Å². The van der Waals surface area contributed by atoms with Crippen LogP contribution in [0.2, 0.25) is 0 Å². The predicted octanol–water partition coefficient (Wildman–Crippen LogP) is 5.04. The molecule has 0 aliphatic carbocycles. The molecule has 0 spiro atoms. The van der Waals surface area contributed by atoms with Gasteiger partial charge in [0.15, 0.2) is 17.3 Å². The van der Waals surface area contributed by atoms with E-state index in [1.807, 2.05) is 0 Å². The van der Waals surface area contributed by atoms with Crippen molar-refractivity contribution in [3.63, 3.8) is 0 Å². The van der Waals surface area contributed by atoms with E-state index in [9.17, 15) is 14.7 Å². The van der Waals surface area contributed by atoms with E-state index in [-0.39, 0.29) is 17.4 Å². The van der Waals surface area contributed by atoms with Gasteiger partial charge in [0.25, 0.3) is 0 Å². The Hall–Kier alpha value is -3.02. The van der Waals surface area contributed by atoms with Crippen molar-refractivity contribution in [2.45, 2.75) is 52.0 Å². The topological polar surface area (TPSA) is 76.1 Å². The number of amides is 1. The zero-order valence-electron chi connectivity index (χ0n) is 18.2. The van der Waals surface area contributed by atoms with E-state index in [1.54, 1.807) is 37.4 Å². The molecule has 0 fully saturated rings. The van der Waals surface area contributed by atoms with Gasteiger partial charge in [0.2, 0.25) is 5.91 Å². The molecule has 2 aromatic rings. The Morgan fingerprint density at radius 2 is 1.63 bits per heavy atom. The Bertz CT molecular complexity index is 847. The molecule has 1 N–H and O–H groups in total. The van der Waals surface area contributed by atoms with E-state index in [0.29, 0.717) is 29.2 Å². The molecule has 30 heavy (non-hydrogen) atoms. The van der Waals surface area contributed by atoms with Gasteiger partial charge in [0, 0.05) is 25.1 Å². The van der Waals surface area contributed by atoms with Gasteiger partial charge >= 0.3 is 0 Å². The number of rotatable bonds is 11. The van der Waals surface area contributed by atoms with Gasteiger partial charge in [-0.15, -0.1) is 0 Å². The van der Waals surface area contributed by atoms with Crippen LogP contribution in [0.15, 0.2) is 42.5 Å². The number of unbranched alkanes of at least 4 members (excludes halogenated alkanes) is 3. The second-order valence-corrected chi connectivity index (χ2v) is 7.20. The summed E-state index contributed by atoms with van der Waals surface area (Å²) in [6.45, 7) is 3.56. The minimum Gasteiger partial charge on any atom is -0.508 e. The number of ether oxygens (including phenoxy) is 2. The second-order valence-electron chi connectivity index (χ2n) is 7.20. The quantitative estimate of drug-likeness (QED) is 0.522. The Morgan fingerprint density at radius 1 is 0.967 bits per heavy atom. The summed E-state index contributed by atoms with van der Waals surface area (Å²) in [6.07, 6.45) is 4.28. The van der Waals surface area contributed by atoms with Crippen LogP contribution in [0, 0.1) is 0 Å². The van der Waals surface area contributed by atoms with Crippen molar-refractivity contribution in [1.29, 1.82) is 0 Å². The van der Waals surface area contributed by atoms with E-state index in [1.165, 1.54) is 31.1 Å². The normalized spacial score (nSPS) is 11.6. The molecule has 1 unspecified atom stereocenters. The fourth-order valence-corrected chi connectivity index (χ4v) is 3.49. The van der Waals surface area contributed by atoms with Crippen LogP contribution in [0.25, 0.3) is 0 Å². The van der Waals surface area contributed by atoms with Gasteiger partial charge in [-0.25, -0.2) is 0 Å². The summed E-state index contributed by atoms with van der Waals surface area (Å²) in [5.74, 6) is 0.815. The first-order valence-electron chi connectivity index (χ1n) is 10.3. The number of carbonyl (C=O) groups is 2. The van der Waals surface area contributed by atoms with Gasteiger partial charge in [-0.3, -0.25) is 14.5 Å². The molecule has 0 saturated carbocycles. The molecule has 0 radical (unpaired) electrons. The van der Waals surface area contributed by atoms with Crippen molar-refractivity contribution >= 4 is 17.4 Å². The van der Waals surface area contributed by atoms with Crippen LogP contribution >= 0.6 is 0 Å². The molecular formula is C24H31NO5. The standard InChI is InChI=1S/C24H31NO5/c1-5-6-7-8-9-21(28)24(18-10-13-20(27)14-11-18)25(17(2)26)19-12-15-22(29-3)23(16-19)30-4/h10-16,24,27H,5-9H2,1-4H3. The summed E-state index contributed by atoms with van der Waals surface area (Å²) in [7, 11) is 3.06. The van der Waals surface area contributed by atoms with E-state index >= 15 is 0 Å². The molecule has 2 rings (SSSR count). The van der Waals surface area contributed by atoms with Gasteiger partial charge in [-0.1, -0.05) is 38.3 Å². The zero-order valence-corrected chi connectivity index (χ0v) is 18.2. The third-order valence-electron chi connectivity index (χ3n) is 5.03. The maximum absolute atomic E-state index is 13.3. The second kappa shape index (κ2) is 11.2. The molecule has 1 amide bonds. The smallest absolute Gasteiger partial charge is 0.224 e. The SMILES string of the molecule is CCCCCCC(=O)C(c1ccc(O)cc1)N(C(C)=O)c1ccc(OC)c(OC)c1. The molecule has 6 nitrogen and oxygen atoms in total. The summed E-state index contributed by atoms with van der Waals surface area (Å²) in [5, 5.41) is 9.67. The van der Waals surface area contributed by atoms with Gasteiger partial charge in [0.05, 0.1) is 14.2 Å². The van der Waals surface area contributed by atoms with Crippen LogP contribution in [-0.4, -0.2) is 31.0 Å². The number of phenolic OH excluding ortho intramolecular Hbond substituents is 1. The van der Waals surface area contributed by atoms with E-state index in [2.05, 4.69) is 6.92 Å². The van der Waals surface area contributed by atoms with Gasteiger partial charge in [-0.05, 0) is 36.2 Å². The number of benzene rings is 2.